The lowest BCUT2D eigenvalue weighted by Crippen LogP contribution is -2.36. The highest BCUT2D eigenvalue weighted by Gasteiger charge is 2.10. The molecule has 1 aliphatic rings. The summed E-state index contributed by atoms with van der Waals surface area (Å²) < 4.78 is 5.38. The number of benzene rings is 1. The van der Waals surface area contributed by atoms with Crippen molar-refractivity contribution in [3.05, 3.63) is 53.9 Å². The molecule has 1 fully saturated rings. The molecule has 2 aromatic rings. The molecule has 1 N–H and O–H groups in total. The van der Waals surface area contributed by atoms with Crippen molar-refractivity contribution in [3.8, 4) is 0 Å². The highest BCUT2D eigenvalue weighted by atomic mass is 16.5. The maximum Gasteiger partial charge on any atom is 0.0642 e. The number of ether oxygens (including phenoxy) is 1. The molecule has 2 heterocycles. The van der Waals surface area contributed by atoms with Crippen LogP contribution in [0.1, 0.15) is 11.4 Å². The lowest BCUT2D eigenvalue weighted by molar-refractivity contribution is 0.122. The van der Waals surface area contributed by atoms with Crippen LogP contribution in [0.5, 0.6) is 0 Å². The Balaban J connectivity index is 1.59. The first-order valence-electron chi connectivity index (χ1n) is 7.40. The second-order valence-corrected chi connectivity index (χ2v) is 5.27. The van der Waals surface area contributed by atoms with E-state index in [9.17, 15) is 0 Å². The predicted molar refractivity (Wildman–Crippen MR) is 85.8 cm³/mol. The summed E-state index contributed by atoms with van der Waals surface area (Å²) >= 11 is 0. The quantitative estimate of drug-likeness (QED) is 0.936. The van der Waals surface area contributed by atoms with E-state index in [0.29, 0.717) is 0 Å². The topological polar surface area (TPSA) is 37.4 Å². The van der Waals surface area contributed by atoms with E-state index in [4.69, 9.17) is 4.74 Å². The van der Waals surface area contributed by atoms with Gasteiger partial charge in [0, 0.05) is 30.2 Å². The molecular formula is C17H21N3O. The third-order valence-electron chi connectivity index (χ3n) is 3.66. The number of hydrogen-bond donors (Lipinski definition) is 1. The first kappa shape index (κ1) is 13.9. The van der Waals surface area contributed by atoms with Gasteiger partial charge in [-0.25, -0.2) is 0 Å². The number of aromatic nitrogens is 1. The van der Waals surface area contributed by atoms with Gasteiger partial charge in [0.15, 0.2) is 0 Å². The van der Waals surface area contributed by atoms with Gasteiger partial charge in [0.25, 0.3) is 0 Å². The Labute approximate surface area is 125 Å². The predicted octanol–water partition coefficient (Wildman–Crippen LogP) is 2.84. The Morgan fingerprint density at radius 1 is 1.10 bits per heavy atom. The fraction of sp³-hybridized carbons (Fsp3) is 0.353. The van der Waals surface area contributed by atoms with Crippen LogP contribution in [0.15, 0.2) is 42.5 Å². The van der Waals surface area contributed by atoms with Crippen molar-refractivity contribution >= 4 is 11.4 Å². The summed E-state index contributed by atoms with van der Waals surface area (Å²) in [5, 5.41) is 3.41. The molecule has 0 unspecified atom stereocenters. The van der Waals surface area contributed by atoms with Crippen LogP contribution in [0.3, 0.4) is 0 Å². The fourth-order valence-corrected chi connectivity index (χ4v) is 2.50. The van der Waals surface area contributed by atoms with Crippen LogP contribution in [0.25, 0.3) is 0 Å². The molecule has 0 saturated carbocycles. The van der Waals surface area contributed by atoms with E-state index in [1.807, 2.05) is 25.1 Å². The number of rotatable bonds is 4. The number of hydrogen-bond acceptors (Lipinski definition) is 4. The van der Waals surface area contributed by atoms with Crippen LogP contribution in [0.2, 0.25) is 0 Å². The Morgan fingerprint density at radius 3 is 2.57 bits per heavy atom. The second-order valence-electron chi connectivity index (χ2n) is 5.27. The number of pyridine rings is 1. The van der Waals surface area contributed by atoms with Crippen LogP contribution in [-0.2, 0) is 11.3 Å². The number of aryl methyl sites for hydroxylation is 1. The molecule has 21 heavy (non-hydrogen) atoms. The Bertz CT molecular complexity index is 577. The van der Waals surface area contributed by atoms with E-state index < -0.39 is 0 Å². The summed E-state index contributed by atoms with van der Waals surface area (Å²) in [6.07, 6.45) is 0. The van der Waals surface area contributed by atoms with Gasteiger partial charge in [-0.3, -0.25) is 4.98 Å². The Morgan fingerprint density at radius 2 is 1.86 bits per heavy atom. The van der Waals surface area contributed by atoms with Crippen LogP contribution < -0.4 is 10.2 Å². The van der Waals surface area contributed by atoms with Crippen molar-refractivity contribution in [2.75, 3.05) is 36.5 Å². The number of nitrogens with one attached hydrogen (secondary N) is 1. The maximum atomic E-state index is 5.38. The van der Waals surface area contributed by atoms with Crippen LogP contribution in [0.4, 0.5) is 11.4 Å². The lowest BCUT2D eigenvalue weighted by atomic mass is 10.2. The van der Waals surface area contributed by atoms with Gasteiger partial charge in [0.2, 0.25) is 0 Å². The van der Waals surface area contributed by atoms with Crippen molar-refractivity contribution < 1.29 is 4.74 Å². The largest absolute Gasteiger partial charge is 0.379 e. The van der Waals surface area contributed by atoms with Crippen molar-refractivity contribution in [2.24, 2.45) is 0 Å². The van der Waals surface area contributed by atoms with Crippen LogP contribution in [-0.4, -0.2) is 31.3 Å². The van der Waals surface area contributed by atoms with Crippen molar-refractivity contribution in [1.82, 2.24) is 4.98 Å². The highest BCUT2D eigenvalue weighted by Crippen LogP contribution is 2.19. The van der Waals surface area contributed by atoms with Gasteiger partial charge >= 0.3 is 0 Å². The van der Waals surface area contributed by atoms with Crippen molar-refractivity contribution in [1.29, 1.82) is 0 Å². The minimum atomic E-state index is 0.749. The summed E-state index contributed by atoms with van der Waals surface area (Å²) in [4.78, 5) is 6.85. The molecule has 4 nitrogen and oxygen atoms in total. The summed E-state index contributed by atoms with van der Waals surface area (Å²) in [5.41, 5.74) is 4.50. The highest BCUT2D eigenvalue weighted by molar-refractivity contribution is 5.55. The molecule has 1 aromatic heterocycles. The van der Waals surface area contributed by atoms with E-state index in [-0.39, 0.29) is 0 Å². The zero-order chi connectivity index (χ0) is 14.5. The zero-order valence-corrected chi connectivity index (χ0v) is 12.4. The maximum absolute atomic E-state index is 5.38. The molecule has 1 aliphatic heterocycles. The minimum absolute atomic E-state index is 0.749. The molecule has 0 aliphatic carbocycles. The molecule has 4 heteroatoms. The molecular weight excluding hydrogens is 262 g/mol. The molecule has 0 atom stereocenters. The molecule has 0 bridgehead atoms. The Hall–Kier alpha value is -2.07. The van der Waals surface area contributed by atoms with Crippen molar-refractivity contribution in [3.63, 3.8) is 0 Å². The molecule has 0 amide bonds. The van der Waals surface area contributed by atoms with E-state index in [2.05, 4.69) is 39.5 Å². The van der Waals surface area contributed by atoms with E-state index in [0.717, 1.165) is 49.9 Å². The van der Waals surface area contributed by atoms with Gasteiger partial charge in [-0.05, 0) is 43.3 Å². The average molecular weight is 283 g/mol. The van der Waals surface area contributed by atoms with Gasteiger partial charge < -0.3 is 15.0 Å². The zero-order valence-electron chi connectivity index (χ0n) is 12.4. The minimum Gasteiger partial charge on any atom is -0.379 e. The molecule has 110 valence electrons. The van der Waals surface area contributed by atoms with Gasteiger partial charge in [0.1, 0.15) is 0 Å². The first-order chi connectivity index (χ1) is 10.3. The third kappa shape index (κ3) is 3.73. The van der Waals surface area contributed by atoms with E-state index in [1.54, 1.807) is 0 Å². The summed E-state index contributed by atoms with van der Waals surface area (Å²) in [6.45, 7) is 6.34. The average Bonchev–Trinajstić information content (AvgIpc) is 2.54. The van der Waals surface area contributed by atoms with Gasteiger partial charge in [-0.2, -0.15) is 0 Å². The van der Waals surface area contributed by atoms with Crippen molar-refractivity contribution in [2.45, 2.75) is 13.5 Å². The summed E-state index contributed by atoms with van der Waals surface area (Å²) in [7, 11) is 0. The first-order valence-corrected chi connectivity index (χ1v) is 7.40. The van der Waals surface area contributed by atoms with E-state index >= 15 is 0 Å². The number of morpholine rings is 1. The normalized spacial score (nSPS) is 15.0. The van der Waals surface area contributed by atoms with Gasteiger partial charge in [0.05, 0.1) is 25.5 Å². The molecule has 0 spiro atoms. The fourth-order valence-electron chi connectivity index (χ4n) is 2.50. The Kier molecular flexibility index (Phi) is 4.36. The lowest BCUT2D eigenvalue weighted by Gasteiger charge is -2.28. The SMILES string of the molecule is Cc1cccc(CNc2ccc(N3CCOCC3)cc2)n1. The molecule has 1 saturated heterocycles. The molecule has 3 rings (SSSR count). The molecule has 0 radical (unpaired) electrons. The molecule has 1 aromatic carbocycles. The number of nitrogens with zero attached hydrogens (tertiary/aromatic N) is 2. The van der Waals surface area contributed by atoms with Crippen LogP contribution in [0, 0.1) is 6.92 Å². The second kappa shape index (κ2) is 6.59. The standard InChI is InChI=1S/C17H21N3O/c1-14-3-2-4-16(19-14)13-18-15-5-7-17(8-6-15)20-9-11-21-12-10-20/h2-8,18H,9-13H2,1H3. The summed E-state index contributed by atoms with van der Waals surface area (Å²) in [5.74, 6) is 0. The van der Waals surface area contributed by atoms with E-state index in [1.165, 1.54) is 5.69 Å². The van der Waals surface area contributed by atoms with Gasteiger partial charge in [-0.1, -0.05) is 6.07 Å². The smallest absolute Gasteiger partial charge is 0.0642 e. The monoisotopic (exact) mass is 283 g/mol. The number of anilines is 2. The van der Waals surface area contributed by atoms with Crippen LogP contribution >= 0.6 is 0 Å². The third-order valence-corrected chi connectivity index (χ3v) is 3.66. The van der Waals surface area contributed by atoms with Gasteiger partial charge in [-0.15, -0.1) is 0 Å². The summed E-state index contributed by atoms with van der Waals surface area (Å²) in [6, 6.07) is 14.7.